The predicted molar refractivity (Wildman–Crippen MR) is 88.0 cm³/mol. The first kappa shape index (κ1) is 17.3. The molecule has 3 rings (SSSR count). The molecule has 1 fully saturated rings. The van der Waals surface area contributed by atoms with E-state index in [1.807, 2.05) is 24.4 Å². The molecule has 110 valence electrons. The highest BCUT2D eigenvalue weighted by Gasteiger charge is 2.12. The Morgan fingerprint density at radius 3 is 2.65 bits per heavy atom. The summed E-state index contributed by atoms with van der Waals surface area (Å²) >= 11 is 1.72. The SMILES string of the molecule is Cl.Cl.c1ccc(-c2csc(CN3CCNCC3)n2)nc1. The number of hydrogen-bond donors (Lipinski definition) is 1. The van der Waals surface area contributed by atoms with Gasteiger partial charge in [-0.25, -0.2) is 4.98 Å². The number of aromatic nitrogens is 2. The molecule has 0 saturated carbocycles. The molecule has 20 heavy (non-hydrogen) atoms. The molecule has 0 aliphatic carbocycles. The number of hydrogen-bond acceptors (Lipinski definition) is 5. The van der Waals surface area contributed by atoms with Gasteiger partial charge >= 0.3 is 0 Å². The van der Waals surface area contributed by atoms with Crippen molar-refractivity contribution < 1.29 is 0 Å². The van der Waals surface area contributed by atoms with Crippen LogP contribution in [0.2, 0.25) is 0 Å². The van der Waals surface area contributed by atoms with Gasteiger partial charge in [0.05, 0.1) is 17.9 Å². The molecular weight excluding hydrogens is 315 g/mol. The third-order valence-electron chi connectivity index (χ3n) is 3.05. The van der Waals surface area contributed by atoms with Crippen molar-refractivity contribution in [3.8, 4) is 11.4 Å². The van der Waals surface area contributed by atoms with Gasteiger partial charge in [0.2, 0.25) is 0 Å². The fourth-order valence-electron chi connectivity index (χ4n) is 2.08. The van der Waals surface area contributed by atoms with Crippen LogP contribution >= 0.6 is 36.2 Å². The maximum atomic E-state index is 4.67. The predicted octanol–water partition coefficient (Wildman–Crippen LogP) is 2.45. The third-order valence-corrected chi connectivity index (χ3v) is 3.88. The summed E-state index contributed by atoms with van der Waals surface area (Å²) in [6, 6.07) is 5.93. The van der Waals surface area contributed by atoms with Crippen LogP contribution in [0.5, 0.6) is 0 Å². The van der Waals surface area contributed by atoms with Gasteiger partial charge in [0.15, 0.2) is 0 Å². The van der Waals surface area contributed by atoms with E-state index in [1.165, 1.54) is 5.01 Å². The van der Waals surface area contributed by atoms with E-state index in [0.717, 1.165) is 44.1 Å². The molecule has 7 heteroatoms. The number of piperazine rings is 1. The van der Waals surface area contributed by atoms with E-state index in [9.17, 15) is 0 Å². The van der Waals surface area contributed by atoms with Crippen molar-refractivity contribution in [2.75, 3.05) is 26.2 Å². The van der Waals surface area contributed by atoms with E-state index in [-0.39, 0.29) is 24.8 Å². The zero-order chi connectivity index (χ0) is 12.2. The van der Waals surface area contributed by atoms with Crippen LogP contribution in [-0.2, 0) is 6.54 Å². The van der Waals surface area contributed by atoms with Gasteiger partial charge in [-0.2, -0.15) is 0 Å². The van der Waals surface area contributed by atoms with Crippen molar-refractivity contribution in [1.29, 1.82) is 0 Å². The van der Waals surface area contributed by atoms with Crippen molar-refractivity contribution >= 4 is 36.2 Å². The Balaban J connectivity index is 0.000001000. The number of nitrogens with zero attached hydrogens (tertiary/aromatic N) is 3. The van der Waals surface area contributed by atoms with Crippen molar-refractivity contribution in [3.63, 3.8) is 0 Å². The van der Waals surface area contributed by atoms with Crippen molar-refractivity contribution in [3.05, 3.63) is 34.8 Å². The minimum atomic E-state index is 0. The molecule has 1 aliphatic heterocycles. The summed E-state index contributed by atoms with van der Waals surface area (Å²) in [7, 11) is 0. The molecule has 0 aromatic carbocycles. The number of nitrogens with one attached hydrogen (secondary N) is 1. The topological polar surface area (TPSA) is 41.0 Å². The molecule has 0 spiro atoms. The maximum absolute atomic E-state index is 4.67. The fraction of sp³-hybridized carbons (Fsp3) is 0.385. The second-order valence-electron chi connectivity index (χ2n) is 4.37. The van der Waals surface area contributed by atoms with E-state index in [1.54, 1.807) is 11.3 Å². The standard InChI is InChI=1S/C13H16N4S.2ClH/c1-2-4-15-11(3-1)12-10-18-13(16-12)9-17-7-5-14-6-8-17;;/h1-4,10,14H,5-9H2;2*1H. The second kappa shape index (κ2) is 8.54. The lowest BCUT2D eigenvalue weighted by molar-refractivity contribution is 0.233. The fourth-order valence-corrected chi connectivity index (χ4v) is 2.91. The molecule has 2 aromatic heterocycles. The first-order valence-electron chi connectivity index (χ1n) is 6.21. The minimum Gasteiger partial charge on any atom is -0.314 e. The van der Waals surface area contributed by atoms with Gasteiger partial charge < -0.3 is 5.32 Å². The van der Waals surface area contributed by atoms with Crippen LogP contribution in [0.15, 0.2) is 29.8 Å². The van der Waals surface area contributed by atoms with E-state index in [4.69, 9.17) is 0 Å². The van der Waals surface area contributed by atoms with Crippen LogP contribution in [-0.4, -0.2) is 41.0 Å². The van der Waals surface area contributed by atoms with E-state index in [0.29, 0.717) is 0 Å². The summed E-state index contributed by atoms with van der Waals surface area (Å²) in [5.74, 6) is 0. The monoisotopic (exact) mass is 332 g/mol. The molecule has 0 unspecified atom stereocenters. The van der Waals surface area contributed by atoms with E-state index >= 15 is 0 Å². The lowest BCUT2D eigenvalue weighted by Crippen LogP contribution is -2.42. The average molecular weight is 333 g/mol. The minimum absolute atomic E-state index is 0. The first-order valence-corrected chi connectivity index (χ1v) is 7.09. The number of pyridine rings is 1. The molecule has 0 atom stereocenters. The Morgan fingerprint density at radius 2 is 1.95 bits per heavy atom. The third kappa shape index (κ3) is 4.40. The van der Waals surface area contributed by atoms with Gasteiger partial charge in [-0.1, -0.05) is 6.07 Å². The zero-order valence-corrected chi connectivity index (χ0v) is 13.4. The summed E-state index contributed by atoms with van der Waals surface area (Å²) in [6.45, 7) is 5.34. The van der Waals surface area contributed by atoms with Crippen molar-refractivity contribution in [2.45, 2.75) is 6.54 Å². The molecule has 2 aromatic rings. The Hall–Kier alpha value is -0.720. The van der Waals surface area contributed by atoms with Gasteiger partial charge in [0.25, 0.3) is 0 Å². The Morgan fingerprint density at radius 1 is 1.15 bits per heavy atom. The van der Waals surface area contributed by atoms with Gasteiger partial charge in [0.1, 0.15) is 5.01 Å². The highest BCUT2D eigenvalue weighted by Crippen LogP contribution is 2.20. The van der Waals surface area contributed by atoms with Crippen LogP contribution in [0.1, 0.15) is 5.01 Å². The lowest BCUT2D eigenvalue weighted by Gasteiger charge is -2.26. The first-order chi connectivity index (χ1) is 8.92. The number of thiazole rings is 1. The molecule has 4 nitrogen and oxygen atoms in total. The highest BCUT2D eigenvalue weighted by molar-refractivity contribution is 7.09. The van der Waals surface area contributed by atoms with Gasteiger partial charge in [-0.3, -0.25) is 9.88 Å². The summed E-state index contributed by atoms with van der Waals surface area (Å²) in [5, 5.41) is 6.64. The van der Waals surface area contributed by atoms with Crippen LogP contribution < -0.4 is 5.32 Å². The second-order valence-corrected chi connectivity index (χ2v) is 5.31. The quantitative estimate of drug-likeness (QED) is 0.937. The number of halogens is 2. The Kier molecular flexibility index (Phi) is 7.40. The molecule has 1 N–H and O–H groups in total. The largest absolute Gasteiger partial charge is 0.314 e. The molecule has 0 radical (unpaired) electrons. The summed E-state index contributed by atoms with van der Waals surface area (Å²) in [5.41, 5.74) is 1.95. The smallest absolute Gasteiger partial charge is 0.107 e. The summed E-state index contributed by atoms with van der Waals surface area (Å²) in [6.07, 6.45) is 1.81. The summed E-state index contributed by atoms with van der Waals surface area (Å²) < 4.78 is 0. The van der Waals surface area contributed by atoms with Crippen LogP contribution in [0.25, 0.3) is 11.4 Å². The van der Waals surface area contributed by atoms with Crippen molar-refractivity contribution in [2.24, 2.45) is 0 Å². The van der Waals surface area contributed by atoms with Gasteiger partial charge in [-0.15, -0.1) is 36.2 Å². The molecule has 3 heterocycles. The Bertz CT molecular complexity index is 500. The average Bonchev–Trinajstić information content (AvgIpc) is 2.89. The van der Waals surface area contributed by atoms with Crippen LogP contribution in [0, 0.1) is 0 Å². The van der Waals surface area contributed by atoms with Crippen LogP contribution in [0.4, 0.5) is 0 Å². The normalized spacial score (nSPS) is 15.2. The molecule has 1 saturated heterocycles. The van der Waals surface area contributed by atoms with Gasteiger partial charge in [-0.05, 0) is 12.1 Å². The van der Waals surface area contributed by atoms with Crippen LogP contribution in [0.3, 0.4) is 0 Å². The zero-order valence-electron chi connectivity index (χ0n) is 11.0. The van der Waals surface area contributed by atoms with E-state index in [2.05, 4.69) is 25.6 Å². The molecule has 0 amide bonds. The molecule has 1 aliphatic rings. The van der Waals surface area contributed by atoms with Gasteiger partial charge in [0, 0.05) is 37.8 Å². The maximum Gasteiger partial charge on any atom is 0.107 e. The molecular formula is C13H18Cl2N4S. The summed E-state index contributed by atoms with van der Waals surface area (Å²) in [4.78, 5) is 11.4. The van der Waals surface area contributed by atoms with E-state index < -0.39 is 0 Å². The molecule has 0 bridgehead atoms. The highest BCUT2D eigenvalue weighted by atomic mass is 35.5. The lowest BCUT2D eigenvalue weighted by atomic mass is 10.3. The number of rotatable bonds is 3. The van der Waals surface area contributed by atoms with Crippen molar-refractivity contribution in [1.82, 2.24) is 20.2 Å². The Labute approximate surface area is 135 Å².